The number of rotatable bonds is 7. The van der Waals surface area contributed by atoms with E-state index in [0.29, 0.717) is 10.7 Å². The van der Waals surface area contributed by atoms with Gasteiger partial charge in [-0.1, -0.05) is 63.1 Å². The summed E-state index contributed by atoms with van der Waals surface area (Å²) < 4.78 is 0. The number of para-hydroxylation sites is 1. The van der Waals surface area contributed by atoms with Gasteiger partial charge in [-0.2, -0.15) is 0 Å². The minimum Gasteiger partial charge on any atom is -0.394 e. The number of aliphatic hydroxyl groups excluding tert-OH is 1. The number of likely N-dealkylation sites (tertiary alicyclic amines) is 1. The molecule has 3 amide bonds. The fraction of sp³-hybridized carbons (Fsp3) is 0.560. The fourth-order valence-corrected chi connectivity index (χ4v) is 5.53. The number of anilines is 1. The molecule has 1 heterocycles. The Labute approximate surface area is 200 Å². The fourth-order valence-electron chi connectivity index (χ4n) is 5.26. The first-order valence-corrected chi connectivity index (χ1v) is 11.9. The van der Waals surface area contributed by atoms with Crippen molar-refractivity contribution in [3.63, 3.8) is 0 Å². The second-order valence-electron chi connectivity index (χ2n) is 9.23. The molecule has 0 aromatic heterocycles. The van der Waals surface area contributed by atoms with Crippen LogP contribution < -0.4 is 10.6 Å². The molecular formula is C25H34ClN3O4. The van der Waals surface area contributed by atoms with Crippen LogP contribution in [0.3, 0.4) is 0 Å². The summed E-state index contributed by atoms with van der Waals surface area (Å²) >= 11 is 6.35. The van der Waals surface area contributed by atoms with E-state index in [1.807, 2.05) is 45.9 Å². The van der Waals surface area contributed by atoms with Crippen molar-refractivity contribution in [2.45, 2.75) is 46.2 Å². The van der Waals surface area contributed by atoms with Gasteiger partial charge in [-0.05, 0) is 30.4 Å². The van der Waals surface area contributed by atoms with E-state index in [1.54, 1.807) is 19.2 Å². The van der Waals surface area contributed by atoms with Crippen LogP contribution in [-0.4, -0.2) is 53.5 Å². The summed E-state index contributed by atoms with van der Waals surface area (Å²) in [6.07, 6.45) is 4.53. The number of carbonyl (C=O) groups excluding carboxylic acids is 3. The zero-order chi connectivity index (χ0) is 24.4. The van der Waals surface area contributed by atoms with Gasteiger partial charge >= 0.3 is 0 Å². The number of allylic oxidation sites excluding steroid dienone is 1. The molecule has 1 saturated heterocycles. The normalized spacial score (nSPS) is 28.3. The average Bonchev–Trinajstić information content (AvgIpc) is 3.08. The van der Waals surface area contributed by atoms with Gasteiger partial charge in [-0.15, -0.1) is 0 Å². The molecule has 180 valence electrons. The quantitative estimate of drug-likeness (QED) is 0.528. The van der Waals surface area contributed by atoms with E-state index in [-0.39, 0.29) is 36.2 Å². The molecule has 0 saturated carbocycles. The molecule has 1 aromatic rings. The highest BCUT2D eigenvalue weighted by Crippen LogP contribution is 2.45. The Balaban J connectivity index is 2.08. The van der Waals surface area contributed by atoms with E-state index in [9.17, 15) is 19.5 Å². The van der Waals surface area contributed by atoms with Crippen LogP contribution in [0.25, 0.3) is 0 Å². The molecule has 33 heavy (non-hydrogen) atoms. The summed E-state index contributed by atoms with van der Waals surface area (Å²) in [5, 5.41) is 16.3. The van der Waals surface area contributed by atoms with E-state index in [1.165, 1.54) is 4.90 Å². The topological polar surface area (TPSA) is 98.7 Å². The molecule has 3 rings (SSSR count). The largest absolute Gasteiger partial charge is 0.394 e. The van der Waals surface area contributed by atoms with Crippen LogP contribution in [-0.2, 0) is 14.4 Å². The Morgan fingerprint density at radius 3 is 2.52 bits per heavy atom. The molecule has 7 nitrogen and oxygen atoms in total. The zero-order valence-electron chi connectivity index (χ0n) is 19.8. The van der Waals surface area contributed by atoms with Crippen molar-refractivity contribution in [1.29, 1.82) is 0 Å². The molecule has 8 heteroatoms. The third-order valence-corrected chi connectivity index (χ3v) is 7.66. The van der Waals surface area contributed by atoms with Crippen LogP contribution in [0.1, 0.15) is 32.8 Å². The summed E-state index contributed by atoms with van der Waals surface area (Å²) in [7, 11) is 1.56. The monoisotopic (exact) mass is 475 g/mol. The van der Waals surface area contributed by atoms with Crippen LogP contribution in [0.5, 0.6) is 0 Å². The highest BCUT2D eigenvalue weighted by Gasteiger charge is 2.58. The molecule has 0 unspecified atom stereocenters. The van der Waals surface area contributed by atoms with E-state index in [2.05, 4.69) is 10.6 Å². The lowest BCUT2D eigenvalue weighted by Crippen LogP contribution is -2.52. The third-order valence-electron chi connectivity index (χ3n) is 7.34. The van der Waals surface area contributed by atoms with Crippen molar-refractivity contribution in [3.05, 3.63) is 40.9 Å². The maximum absolute atomic E-state index is 13.8. The summed E-state index contributed by atoms with van der Waals surface area (Å²) in [5.41, 5.74) is 1.31. The lowest BCUT2D eigenvalue weighted by atomic mass is 9.70. The van der Waals surface area contributed by atoms with Crippen molar-refractivity contribution in [2.24, 2.45) is 29.6 Å². The van der Waals surface area contributed by atoms with Gasteiger partial charge in [-0.3, -0.25) is 14.4 Å². The maximum Gasteiger partial charge on any atom is 0.247 e. The molecule has 1 aromatic carbocycles. The number of fused-ring (bicyclic) bond motifs is 1. The molecule has 0 spiro atoms. The first-order chi connectivity index (χ1) is 15.7. The van der Waals surface area contributed by atoms with Crippen molar-refractivity contribution in [1.82, 2.24) is 10.2 Å². The zero-order valence-corrected chi connectivity index (χ0v) is 20.6. The number of halogens is 1. The van der Waals surface area contributed by atoms with Crippen molar-refractivity contribution < 1.29 is 19.5 Å². The Hall–Kier alpha value is -2.38. The van der Waals surface area contributed by atoms with Crippen molar-refractivity contribution in [2.75, 3.05) is 19.0 Å². The molecule has 1 aliphatic heterocycles. The van der Waals surface area contributed by atoms with E-state index in [4.69, 9.17) is 11.6 Å². The van der Waals surface area contributed by atoms with Gasteiger partial charge in [0.2, 0.25) is 17.7 Å². The van der Waals surface area contributed by atoms with Crippen LogP contribution >= 0.6 is 11.6 Å². The van der Waals surface area contributed by atoms with Gasteiger partial charge < -0.3 is 20.6 Å². The Morgan fingerprint density at radius 1 is 1.24 bits per heavy atom. The van der Waals surface area contributed by atoms with Gasteiger partial charge in [0.05, 0.1) is 35.2 Å². The predicted molar refractivity (Wildman–Crippen MR) is 129 cm³/mol. The van der Waals surface area contributed by atoms with Crippen LogP contribution in [0.2, 0.25) is 5.02 Å². The van der Waals surface area contributed by atoms with Crippen LogP contribution in [0.15, 0.2) is 30.4 Å². The number of amides is 3. The number of carbonyl (C=O) groups is 3. The summed E-state index contributed by atoms with van der Waals surface area (Å²) in [4.78, 5) is 41.8. The Bertz CT molecular complexity index is 929. The molecule has 0 bridgehead atoms. The number of hydrogen-bond acceptors (Lipinski definition) is 4. The molecular weight excluding hydrogens is 442 g/mol. The summed E-state index contributed by atoms with van der Waals surface area (Å²) in [6, 6.07) is 3.95. The predicted octanol–water partition coefficient (Wildman–Crippen LogP) is 3.01. The minimum absolute atomic E-state index is 0.0312. The van der Waals surface area contributed by atoms with Gasteiger partial charge in [0.25, 0.3) is 0 Å². The third kappa shape index (κ3) is 4.53. The van der Waals surface area contributed by atoms with Crippen LogP contribution in [0, 0.1) is 36.5 Å². The second kappa shape index (κ2) is 10.3. The molecule has 1 aliphatic carbocycles. The molecule has 7 atom stereocenters. The van der Waals surface area contributed by atoms with Crippen molar-refractivity contribution in [3.8, 4) is 0 Å². The van der Waals surface area contributed by atoms with E-state index < -0.39 is 29.8 Å². The molecule has 3 N–H and O–H groups in total. The molecule has 0 radical (unpaired) electrons. The van der Waals surface area contributed by atoms with Crippen molar-refractivity contribution >= 4 is 35.0 Å². The first kappa shape index (κ1) is 25.2. The number of nitrogens with one attached hydrogen (secondary N) is 2. The number of aryl methyl sites for hydroxylation is 1. The lowest BCUT2D eigenvalue weighted by Gasteiger charge is -2.36. The Kier molecular flexibility index (Phi) is 7.85. The van der Waals surface area contributed by atoms with Gasteiger partial charge in [-0.25, -0.2) is 0 Å². The van der Waals surface area contributed by atoms with E-state index >= 15 is 0 Å². The summed E-state index contributed by atoms with van der Waals surface area (Å²) in [6.45, 7) is 7.43. The van der Waals surface area contributed by atoms with Gasteiger partial charge in [0.15, 0.2) is 0 Å². The number of hydrogen-bond donors (Lipinski definition) is 3. The number of nitrogens with zero attached hydrogens (tertiary/aromatic N) is 1. The Morgan fingerprint density at radius 2 is 1.94 bits per heavy atom. The second-order valence-corrected chi connectivity index (χ2v) is 9.64. The standard InChI is InChI=1S/C25H34ClN3O4/c1-6-13(2)18(12-30)29-22(24(32)28-21-15(4)8-7-9-17(21)26)16-11-10-14(3)19(23(31)27-5)20(16)25(29)33/h7-11,13-14,16,18-20,22,30H,6,12H2,1-5H3,(H,27,31)(H,28,32)/t13-,14+,16-,18-,19+,20+,22-/m0/s1. The molecule has 1 fully saturated rings. The maximum atomic E-state index is 13.8. The minimum atomic E-state index is -0.861. The van der Waals surface area contributed by atoms with E-state index in [0.717, 1.165) is 12.0 Å². The number of benzene rings is 1. The highest BCUT2D eigenvalue weighted by molar-refractivity contribution is 6.34. The SMILES string of the molecule is CC[C@H](C)[C@H](CO)N1C(=O)[C@@H]2[C@H](C=C[C@@H](C)[C@H]2C(=O)NC)[C@H]1C(=O)Nc1c(C)cccc1Cl. The number of aliphatic hydroxyl groups is 1. The molecule has 2 aliphatic rings. The first-order valence-electron chi connectivity index (χ1n) is 11.6. The van der Waals surface area contributed by atoms with Gasteiger partial charge in [0.1, 0.15) is 6.04 Å². The average molecular weight is 476 g/mol. The van der Waals surface area contributed by atoms with Crippen LogP contribution in [0.4, 0.5) is 5.69 Å². The van der Waals surface area contributed by atoms with Gasteiger partial charge in [0, 0.05) is 13.0 Å². The smallest absolute Gasteiger partial charge is 0.247 e. The lowest BCUT2D eigenvalue weighted by molar-refractivity contribution is -0.143. The summed E-state index contributed by atoms with van der Waals surface area (Å²) in [5.74, 6) is -2.79. The highest BCUT2D eigenvalue weighted by atomic mass is 35.5.